The van der Waals surface area contributed by atoms with Crippen molar-refractivity contribution in [1.29, 1.82) is 0 Å². The van der Waals surface area contributed by atoms with Crippen LogP contribution in [0.15, 0.2) is 37.0 Å². The molecule has 0 aliphatic carbocycles. The van der Waals surface area contributed by atoms with Crippen molar-refractivity contribution in [2.75, 3.05) is 0 Å². The zero-order valence-corrected chi connectivity index (χ0v) is 8.13. The normalized spacial score (nSPS) is 11.4. The Kier molecular flexibility index (Phi) is 9.56. The Labute approximate surface area is 76.7 Å². The molecule has 68 valence electrons. The Balaban J connectivity index is 3.04. The van der Waals surface area contributed by atoms with Gasteiger partial charge in [0, 0.05) is 0 Å². The highest BCUT2D eigenvalue weighted by atomic mass is 13.9. The molecule has 0 N–H and O–H groups in total. The van der Waals surface area contributed by atoms with Gasteiger partial charge in [0.2, 0.25) is 0 Å². The molecule has 0 aromatic rings. The number of allylic oxidation sites excluding steroid dienone is 5. The van der Waals surface area contributed by atoms with E-state index in [2.05, 4.69) is 24.8 Å². The van der Waals surface area contributed by atoms with Gasteiger partial charge < -0.3 is 0 Å². The molecule has 0 aliphatic rings. The Morgan fingerprint density at radius 3 is 2.42 bits per heavy atom. The first-order chi connectivity index (χ1) is 5.91. The number of rotatable bonds is 7. The Hall–Kier alpha value is -0.780. The molecule has 0 aliphatic heterocycles. The Morgan fingerprint density at radius 1 is 1.00 bits per heavy atom. The van der Waals surface area contributed by atoms with E-state index in [4.69, 9.17) is 0 Å². The lowest BCUT2D eigenvalue weighted by molar-refractivity contribution is 0.696. The fraction of sp³-hybridized carbons (Fsp3) is 0.500. The van der Waals surface area contributed by atoms with Gasteiger partial charge in [0.1, 0.15) is 0 Å². The van der Waals surface area contributed by atoms with Crippen molar-refractivity contribution in [3.05, 3.63) is 37.0 Å². The van der Waals surface area contributed by atoms with Gasteiger partial charge in [-0.05, 0) is 32.6 Å². The summed E-state index contributed by atoms with van der Waals surface area (Å²) in [6.07, 6.45) is 16.8. The van der Waals surface area contributed by atoms with Crippen molar-refractivity contribution in [1.82, 2.24) is 0 Å². The largest absolute Gasteiger partial charge is 0.103 e. The van der Waals surface area contributed by atoms with Crippen LogP contribution < -0.4 is 0 Å². The minimum absolute atomic E-state index is 1.17. The summed E-state index contributed by atoms with van der Waals surface area (Å²) in [5.41, 5.74) is 0. The predicted molar refractivity (Wildman–Crippen MR) is 57.2 cm³/mol. The van der Waals surface area contributed by atoms with Crippen LogP contribution in [0.2, 0.25) is 0 Å². The third-order valence-electron chi connectivity index (χ3n) is 1.72. The Morgan fingerprint density at radius 2 is 1.75 bits per heavy atom. The van der Waals surface area contributed by atoms with E-state index in [1.165, 1.54) is 32.1 Å². The van der Waals surface area contributed by atoms with Gasteiger partial charge in [-0.1, -0.05) is 36.8 Å². The molecule has 0 bridgehead atoms. The Bertz CT molecular complexity index is 140. The lowest BCUT2D eigenvalue weighted by Gasteiger charge is -1.93. The summed E-state index contributed by atoms with van der Waals surface area (Å²) in [5, 5.41) is 0. The number of unbranched alkanes of at least 4 members (excludes halogenated alkanes) is 4. The number of hydrogen-bond acceptors (Lipinski definition) is 0. The molecule has 0 heteroatoms. The highest BCUT2D eigenvalue weighted by Gasteiger charge is 1.83. The van der Waals surface area contributed by atoms with Gasteiger partial charge in [-0.3, -0.25) is 0 Å². The van der Waals surface area contributed by atoms with Crippen LogP contribution in [0.5, 0.6) is 0 Å². The molecule has 0 aromatic heterocycles. The third kappa shape index (κ3) is 9.22. The summed E-state index contributed by atoms with van der Waals surface area (Å²) < 4.78 is 0. The topological polar surface area (TPSA) is 0 Å². The fourth-order valence-corrected chi connectivity index (χ4v) is 1.01. The maximum Gasteiger partial charge on any atom is -0.0348 e. The lowest BCUT2D eigenvalue weighted by Crippen LogP contribution is -1.73. The quantitative estimate of drug-likeness (QED) is 0.300. The van der Waals surface area contributed by atoms with E-state index < -0.39 is 0 Å². The van der Waals surface area contributed by atoms with Crippen molar-refractivity contribution >= 4 is 0 Å². The van der Waals surface area contributed by atoms with Gasteiger partial charge in [0.05, 0.1) is 0 Å². The summed E-state index contributed by atoms with van der Waals surface area (Å²) in [6, 6.07) is 0. The molecule has 0 aromatic carbocycles. The lowest BCUT2D eigenvalue weighted by atomic mass is 10.1. The minimum atomic E-state index is 1.17. The van der Waals surface area contributed by atoms with Crippen LogP contribution >= 0.6 is 0 Å². The van der Waals surface area contributed by atoms with E-state index in [1.54, 1.807) is 0 Å². The maximum absolute atomic E-state index is 3.70. The van der Waals surface area contributed by atoms with Gasteiger partial charge in [-0.2, -0.15) is 0 Å². The number of hydrogen-bond donors (Lipinski definition) is 0. The van der Waals surface area contributed by atoms with Gasteiger partial charge >= 0.3 is 0 Å². The van der Waals surface area contributed by atoms with E-state index >= 15 is 0 Å². The van der Waals surface area contributed by atoms with E-state index in [9.17, 15) is 0 Å². The monoisotopic (exact) mass is 164 g/mol. The van der Waals surface area contributed by atoms with Crippen LogP contribution in [-0.2, 0) is 0 Å². The molecule has 0 fully saturated rings. The van der Waals surface area contributed by atoms with Crippen LogP contribution in [-0.4, -0.2) is 0 Å². The predicted octanol–water partition coefficient (Wildman–Crippen LogP) is 4.26. The van der Waals surface area contributed by atoms with Crippen molar-refractivity contribution in [2.45, 2.75) is 39.0 Å². The molecule has 0 amide bonds. The molecular formula is C12H20. The standard InChI is InChI=1S/C12H20/c1-3-5-7-9-11-12-10-8-6-4-2/h3-4,6,8,10H,1,5,7,9,11-12H2,2H3/b6-4+,10-8+. The zero-order chi connectivity index (χ0) is 9.07. The molecule has 0 rings (SSSR count). The second-order valence-electron chi connectivity index (χ2n) is 2.88. The van der Waals surface area contributed by atoms with Gasteiger partial charge in [0.15, 0.2) is 0 Å². The van der Waals surface area contributed by atoms with Crippen LogP contribution in [0.25, 0.3) is 0 Å². The zero-order valence-electron chi connectivity index (χ0n) is 8.13. The molecule has 0 atom stereocenters. The molecule has 0 heterocycles. The highest BCUT2D eigenvalue weighted by Crippen LogP contribution is 2.03. The van der Waals surface area contributed by atoms with E-state index in [-0.39, 0.29) is 0 Å². The fourth-order valence-electron chi connectivity index (χ4n) is 1.01. The van der Waals surface area contributed by atoms with Crippen molar-refractivity contribution in [2.24, 2.45) is 0 Å². The van der Waals surface area contributed by atoms with Crippen molar-refractivity contribution in [3.63, 3.8) is 0 Å². The van der Waals surface area contributed by atoms with E-state index in [0.717, 1.165) is 0 Å². The molecule has 0 saturated carbocycles. The summed E-state index contributed by atoms with van der Waals surface area (Å²) in [6.45, 7) is 5.73. The smallest absolute Gasteiger partial charge is 0.0348 e. The summed E-state index contributed by atoms with van der Waals surface area (Å²) >= 11 is 0. The molecular weight excluding hydrogens is 144 g/mol. The van der Waals surface area contributed by atoms with Gasteiger partial charge in [-0.15, -0.1) is 6.58 Å². The maximum atomic E-state index is 3.70. The second kappa shape index (κ2) is 10.2. The SMILES string of the molecule is C=CCCCCC/C=C/C=C/C. The van der Waals surface area contributed by atoms with Gasteiger partial charge in [0.25, 0.3) is 0 Å². The molecule has 0 unspecified atom stereocenters. The van der Waals surface area contributed by atoms with Crippen LogP contribution in [0, 0.1) is 0 Å². The van der Waals surface area contributed by atoms with E-state index in [0.29, 0.717) is 0 Å². The minimum Gasteiger partial charge on any atom is -0.103 e. The van der Waals surface area contributed by atoms with Crippen LogP contribution in [0.1, 0.15) is 39.0 Å². The summed E-state index contributed by atoms with van der Waals surface area (Å²) in [7, 11) is 0. The molecule has 12 heavy (non-hydrogen) atoms. The first-order valence-corrected chi connectivity index (χ1v) is 4.80. The summed E-state index contributed by atoms with van der Waals surface area (Å²) in [5.74, 6) is 0. The average molecular weight is 164 g/mol. The van der Waals surface area contributed by atoms with Crippen molar-refractivity contribution < 1.29 is 0 Å². The molecule has 0 spiro atoms. The third-order valence-corrected chi connectivity index (χ3v) is 1.72. The molecule has 0 radical (unpaired) electrons. The summed E-state index contributed by atoms with van der Waals surface area (Å²) in [4.78, 5) is 0. The van der Waals surface area contributed by atoms with Crippen LogP contribution in [0.3, 0.4) is 0 Å². The molecule has 0 saturated heterocycles. The van der Waals surface area contributed by atoms with Crippen molar-refractivity contribution in [3.8, 4) is 0 Å². The molecule has 0 nitrogen and oxygen atoms in total. The first kappa shape index (κ1) is 11.2. The first-order valence-electron chi connectivity index (χ1n) is 4.80. The van der Waals surface area contributed by atoms with E-state index in [1.807, 2.05) is 19.1 Å². The van der Waals surface area contributed by atoms with Crippen LogP contribution in [0.4, 0.5) is 0 Å². The average Bonchev–Trinajstić information content (AvgIpc) is 2.10. The second-order valence-corrected chi connectivity index (χ2v) is 2.88. The van der Waals surface area contributed by atoms with Gasteiger partial charge in [-0.25, -0.2) is 0 Å². The highest BCUT2D eigenvalue weighted by molar-refractivity contribution is 5.00.